The van der Waals surface area contributed by atoms with Crippen LogP contribution in [-0.2, 0) is 11.3 Å². The van der Waals surface area contributed by atoms with Gasteiger partial charge in [-0.15, -0.1) is 0 Å². The molecule has 7 nitrogen and oxygen atoms in total. The monoisotopic (exact) mass is 275 g/mol. The molecule has 3 N–H and O–H groups in total. The van der Waals surface area contributed by atoms with Gasteiger partial charge in [-0.3, -0.25) is 4.68 Å². The zero-order chi connectivity index (χ0) is 14.4. The summed E-state index contributed by atoms with van der Waals surface area (Å²) >= 11 is 0. The van der Waals surface area contributed by atoms with Crippen LogP contribution in [0.2, 0.25) is 0 Å². The van der Waals surface area contributed by atoms with Crippen molar-refractivity contribution in [2.45, 2.75) is 13.5 Å². The van der Waals surface area contributed by atoms with Gasteiger partial charge >= 0.3 is 5.97 Å². The number of aromatic nitrogens is 3. The van der Waals surface area contributed by atoms with Gasteiger partial charge in [-0.1, -0.05) is 0 Å². The Hall–Kier alpha value is -2.57. The second-order valence-corrected chi connectivity index (χ2v) is 4.07. The molecule has 0 aliphatic heterocycles. The molecule has 2 aromatic heterocycles. The predicted molar refractivity (Wildman–Crippen MR) is 75.3 cm³/mol. The first-order valence-electron chi connectivity index (χ1n) is 6.34. The quantitative estimate of drug-likeness (QED) is 0.768. The normalized spacial score (nSPS) is 10.2. The number of esters is 1. The van der Waals surface area contributed by atoms with E-state index in [9.17, 15) is 4.79 Å². The molecular weight excluding hydrogens is 258 g/mol. The number of anilines is 2. The number of nitrogens with one attached hydrogen (secondary N) is 1. The molecule has 106 valence electrons. The van der Waals surface area contributed by atoms with Gasteiger partial charge < -0.3 is 15.8 Å². The van der Waals surface area contributed by atoms with Crippen LogP contribution < -0.4 is 11.1 Å². The van der Waals surface area contributed by atoms with Crippen molar-refractivity contribution in [1.29, 1.82) is 0 Å². The molecule has 0 radical (unpaired) electrons. The van der Waals surface area contributed by atoms with Crippen LogP contribution in [0.4, 0.5) is 11.5 Å². The highest BCUT2D eigenvalue weighted by molar-refractivity contribution is 5.95. The molecule has 7 heteroatoms. The van der Waals surface area contributed by atoms with E-state index in [1.807, 2.05) is 12.3 Å². The van der Waals surface area contributed by atoms with Crippen molar-refractivity contribution in [3.8, 4) is 0 Å². The summed E-state index contributed by atoms with van der Waals surface area (Å²) in [5.41, 5.74) is 6.35. The fraction of sp³-hybridized carbons (Fsp3) is 0.308. The fourth-order valence-corrected chi connectivity index (χ4v) is 1.68. The molecule has 0 aliphatic rings. The molecule has 2 heterocycles. The molecule has 20 heavy (non-hydrogen) atoms. The molecule has 0 saturated heterocycles. The molecule has 0 aliphatic carbocycles. The average Bonchev–Trinajstić information content (AvgIpc) is 2.94. The van der Waals surface area contributed by atoms with Gasteiger partial charge in [0.2, 0.25) is 0 Å². The van der Waals surface area contributed by atoms with E-state index in [2.05, 4.69) is 15.4 Å². The van der Waals surface area contributed by atoms with Gasteiger partial charge in [0.25, 0.3) is 0 Å². The number of hydrogen-bond acceptors (Lipinski definition) is 6. The third kappa shape index (κ3) is 3.47. The standard InChI is InChI=1S/C13H17N5O2/c1-2-20-13(19)10-8-12(16-9-11(10)14)15-5-7-18-6-3-4-17-18/h3-4,6,8-9H,2,5,7,14H2,1H3,(H,15,16). The number of nitrogens with zero attached hydrogens (tertiary/aromatic N) is 3. The second kappa shape index (κ2) is 6.55. The number of rotatable bonds is 6. The number of carbonyl (C=O) groups excluding carboxylic acids is 1. The Labute approximate surface area is 116 Å². The first-order chi connectivity index (χ1) is 9.70. The van der Waals surface area contributed by atoms with Crippen LogP contribution in [0.25, 0.3) is 0 Å². The molecule has 0 fully saturated rings. The van der Waals surface area contributed by atoms with Gasteiger partial charge in [-0.25, -0.2) is 9.78 Å². The van der Waals surface area contributed by atoms with Crippen LogP contribution in [0.1, 0.15) is 17.3 Å². The van der Waals surface area contributed by atoms with Crippen molar-refractivity contribution < 1.29 is 9.53 Å². The van der Waals surface area contributed by atoms with Crippen molar-refractivity contribution in [2.24, 2.45) is 0 Å². The van der Waals surface area contributed by atoms with E-state index in [1.165, 1.54) is 6.20 Å². The summed E-state index contributed by atoms with van der Waals surface area (Å²) in [6, 6.07) is 3.46. The van der Waals surface area contributed by atoms with Gasteiger partial charge in [-0.05, 0) is 19.1 Å². The molecule has 0 unspecified atom stereocenters. The third-order valence-electron chi connectivity index (χ3n) is 2.64. The SMILES string of the molecule is CCOC(=O)c1cc(NCCn2cccn2)ncc1N. The van der Waals surface area contributed by atoms with E-state index >= 15 is 0 Å². The van der Waals surface area contributed by atoms with Crippen LogP contribution in [0.5, 0.6) is 0 Å². The number of ether oxygens (including phenoxy) is 1. The van der Waals surface area contributed by atoms with Gasteiger partial charge in [0.05, 0.1) is 30.6 Å². The lowest BCUT2D eigenvalue weighted by molar-refractivity contribution is 0.0527. The van der Waals surface area contributed by atoms with Crippen molar-refractivity contribution >= 4 is 17.5 Å². The zero-order valence-electron chi connectivity index (χ0n) is 11.2. The summed E-state index contributed by atoms with van der Waals surface area (Å²) in [5, 5.41) is 7.21. The Morgan fingerprint density at radius 2 is 2.40 bits per heavy atom. The topological polar surface area (TPSA) is 95.1 Å². The number of pyridine rings is 1. The Kier molecular flexibility index (Phi) is 4.54. The fourth-order valence-electron chi connectivity index (χ4n) is 1.68. The lowest BCUT2D eigenvalue weighted by Gasteiger charge is -2.09. The number of nitrogen functional groups attached to an aromatic ring is 1. The van der Waals surface area contributed by atoms with Crippen LogP contribution in [-0.4, -0.2) is 33.9 Å². The molecule has 2 aromatic rings. The van der Waals surface area contributed by atoms with E-state index in [-0.39, 0.29) is 0 Å². The van der Waals surface area contributed by atoms with Crippen molar-refractivity contribution in [2.75, 3.05) is 24.2 Å². The lowest BCUT2D eigenvalue weighted by atomic mass is 10.2. The maximum atomic E-state index is 11.7. The highest BCUT2D eigenvalue weighted by Gasteiger charge is 2.12. The molecule has 2 rings (SSSR count). The summed E-state index contributed by atoms with van der Waals surface area (Å²) in [4.78, 5) is 15.8. The van der Waals surface area contributed by atoms with Crippen molar-refractivity contribution in [1.82, 2.24) is 14.8 Å². The van der Waals surface area contributed by atoms with Crippen molar-refractivity contribution in [3.63, 3.8) is 0 Å². The van der Waals surface area contributed by atoms with E-state index in [0.717, 1.165) is 0 Å². The minimum Gasteiger partial charge on any atom is -0.462 e. The Morgan fingerprint density at radius 1 is 1.55 bits per heavy atom. The smallest absolute Gasteiger partial charge is 0.340 e. The summed E-state index contributed by atoms with van der Waals surface area (Å²) < 4.78 is 6.74. The molecular formula is C13H17N5O2. The van der Waals surface area contributed by atoms with E-state index in [4.69, 9.17) is 10.5 Å². The summed E-state index contributed by atoms with van der Waals surface area (Å²) in [7, 11) is 0. The largest absolute Gasteiger partial charge is 0.462 e. The second-order valence-electron chi connectivity index (χ2n) is 4.07. The molecule has 0 atom stereocenters. The highest BCUT2D eigenvalue weighted by atomic mass is 16.5. The summed E-state index contributed by atoms with van der Waals surface area (Å²) in [5.74, 6) is 0.136. The molecule has 0 bridgehead atoms. The summed E-state index contributed by atoms with van der Waals surface area (Å²) in [6.45, 7) is 3.40. The maximum absolute atomic E-state index is 11.7. The van der Waals surface area contributed by atoms with Crippen LogP contribution in [0.3, 0.4) is 0 Å². The molecule has 0 spiro atoms. The van der Waals surface area contributed by atoms with E-state index < -0.39 is 5.97 Å². The van der Waals surface area contributed by atoms with E-state index in [0.29, 0.717) is 36.8 Å². The summed E-state index contributed by atoms with van der Waals surface area (Å²) in [6.07, 6.45) is 5.05. The average molecular weight is 275 g/mol. The van der Waals surface area contributed by atoms with Gasteiger partial charge in [0.1, 0.15) is 5.82 Å². The van der Waals surface area contributed by atoms with Crippen molar-refractivity contribution in [3.05, 3.63) is 36.3 Å². The number of carbonyl (C=O) groups is 1. The first-order valence-corrected chi connectivity index (χ1v) is 6.34. The van der Waals surface area contributed by atoms with Gasteiger partial charge in [0.15, 0.2) is 0 Å². The Bertz CT molecular complexity index is 568. The number of hydrogen-bond donors (Lipinski definition) is 2. The molecule has 0 amide bonds. The molecule has 0 saturated carbocycles. The third-order valence-corrected chi connectivity index (χ3v) is 2.64. The van der Waals surface area contributed by atoms with Gasteiger partial charge in [-0.2, -0.15) is 5.10 Å². The van der Waals surface area contributed by atoms with Crippen LogP contribution in [0.15, 0.2) is 30.7 Å². The minimum absolute atomic E-state index is 0.307. The maximum Gasteiger partial charge on any atom is 0.340 e. The zero-order valence-corrected chi connectivity index (χ0v) is 11.2. The highest BCUT2D eigenvalue weighted by Crippen LogP contribution is 2.15. The van der Waals surface area contributed by atoms with E-state index in [1.54, 1.807) is 23.9 Å². The Morgan fingerprint density at radius 3 is 3.10 bits per heavy atom. The molecule has 0 aromatic carbocycles. The number of nitrogens with two attached hydrogens (primary N) is 1. The van der Waals surface area contributed by atoms with Crippen LogP contribution >= 0.6 is 0 Å². The van der Waals surface area contributed by atoms with Gasteiger partial charge in [0, 0.05) is 18.9 Å². The lowest BCUT2D eigenvalue weighted by Crippen LogP contribution is -2.13. The minimum atomic E-state index is -0.442. The Balaban J connectivity index is 1.98. The first kappa shape index (κ1) is 13.9. The van der Waals surface area contributed by atoms with Crippen LogP contribution in [0, 0.1) is 0 Å². The predicted octanol–water partition coefficient (Wildman–Crippen LogP) is 1.15.